The monoisotopic (exact) mass is 583 g/mol. The van der Waals surface area contributed by atoms with Gasteiger partial charge in [-0.05, 0) is 36.8 Å². The van der Waals surface area contributed by atoms with Crippen molar-refractivity contribution in [3.63, 3.8) is 0 Å². The maximum atomic E-state index is 14.0. The molecule has 9 nitrogen and oxygen atoms in total. The molecule has 0 radical (unpaired) electrons. The minimum Gasteiger partial charge on any atom is -0.473 e. The van der Waals surface area contributed by atoms with Crippen LogP contribution in [0.15, 0.2) is 48.5 Å². The second-order valence-corrected chi connectivity index (χ2v) is 9.66. The van der Waals surface area contributed by atoms with Gasteiger partial charge in [0.15, 0.2) is 6.10 Å². The zero-order chi connectivity index (χ0) is 29.7. The van der Waals surface area contributed by atoms with E-state index in [4.69, 9.17) is 9.47 Å². The number of para-hydroxylation sites is 1. The summed E-state index contributed by atoms with van der Waals surface area (Å²) in [6.07, 6.45) is -7.60. The molecular weight excluding hydrogens is 553 g/mol. The molecule has 41 heavy (non-hydrogen) atoms. The number of nitrogens with zero attached hydrogens (tertiary/aromatic N) is 3. The molecule has 1 aromatic heterocycles. The van der Waals surface area contributed by atoms with E-state index >= 15 is 0 Å². The van der Waals surface area contributed by atoms with Gasteiger partial charge in [-0.1, -0.05) is 18.2 Å². The third-order valence-corrected chi connectivity index (χ3v) is 6.70. The van der Waals surface area contributed by atoms with E-state index in [1.54, 1.807) is 37.4 Å². The number of methoxy groups -OCH3 is 1. The van der Waals surface area contributed by atoms with Crippen molar-refractivity contribution in [2.45, 2.75) is 31.2 Å². The van der Waals surface area contributed by atoms with Crippen LogP contribution in [0, 0.1) is 18.6 Å². The number of aliphatic hydroxyl groups is 1. The molecule has 1 saturated heterocycles. The Morgan fingerprint density at radius 1 is 1.15 bits per heavy atom. The topological polar surface area (TPSA) is 101 Å². The molecule has 1 aliphatic rings. The quantitative estimate of drug-likeness (QED) is 0.312. The predicted octanol–water partition coefficient (Wildman–Crippen LogP) is 4.00. The first-order chi connectivity index (χ1) is 19.5. The summed E-state index contributed by atoms with van der Waals surface area (Å²) < 4.78 is 78.0. The summed E-state index contributed by atoms with van der Waals surface area (Å²) >= 11 is 0. The molecule has 0 spiro atoms. The number of hydrogen-bond donors (Lipinski definition) is 3. The fourth-order valence-electron chi connectivity index (χ4n) is 4.64. The number of hydrogen-bond acceptors (Lipinski definition) is 6. The Morgan fingerprint density at radius 3 is 2.46 bits per heavy atom. The highest BCUT2D eigenvalue weighted by Gasteiger charge is 2.39. The summed E-state index contributed by atoms with van der Waals surface area (Å²) in [5.41, 5.74) is 1.09. The summed E-state index contributed by atoms with van der Waals surface area (Å²) in [5.74, 6) is -2.00. The van der Waals surface area contributed by atoms with Gasteiger partial charge in [0.25, 0.3) is 0 Å². The minimum atomic E-state index is -4.88. The second kappa shape index (κ2) is 12.8. The third kappa shape index (κ3) is 7.51. The van der Waals surface area contributed by atoms with Gasteiger partial charge in [0.2, 0.25) is 5.88 Å². The molecule has 222 valence electrons. The van der Waals surface area contributed by atoms with Crippen LogP contribution < -0.4 is 15.4 Å². The Morgan fingerprint density at radius 2 is 1.83 bits per heavy atom. The van der Waals surface area contributed by atoms with Gasteiger partial charge in [0, 0.05) is 38.7 Å². The molecular formula is C27H30F5N5O4. The average molecular weight is 584 g/mol. The molecule has 3 atom stereocenters. The number of alkyl halides is 3. The van der Waals surface area contributed by atoms with Crippen molar-refractivity contribution < 1.29 is 41.3 Å². The van der Waals surface area contributed by atoms with E-state index in [0.29, 0.717) is 37.5 Å². The molecule has 2 heterocycles. The molecule has 3 N–H and O–H groups in total. The van der Waals surface area contributed by atoms with Crippen molar-refractivity contribution in [2.75, 3.05) is 45.3 Å². The maximum absolute atomic E-state index is 14.0. The van der Waals surface area contributed by atoms with Gasteiger partial charge in [-0.25, -0.2) is 18.3 Å². The summed E-state index contributed by atoms with van der Waals surface area (Å²) in [7, 11) is 1.55. The van der Waals surface area contributed by atoms with Crippen LogP contribution in [-0.2, 0) is 4.74 Å². The summed E-state index contributed by atoms with van der Waals surface area (Å²) in [6, 6.07) is 10.5. The normalized spacial score (nSPS) is 18.3. The number of nitrogens with one attached hydrogen (secondary N) is 2. The van der Waals surface area contributed by atoms with Crippen LogP contribution in [0.5, 0.6) is 5.88 Å². The van der Waals surface area contributed by atoms with E-state index in [1.165, 1.54) is 23.7 Å². The lowest BCUT2D eigenvalue weighted by atomic mass is 9.94. The molecule has 0 aliphatic carbocycles. The number of aliphatic hydroxyl groups excluding tert-OH is 1. The van der Waals surface area contributed by atoms with Gasteiger partial charge in [0.1, 0.15) is 24.1 Å². The fourth-order valence-corrected chi connectivity index (χ4v) is 4.64. The van der Waals surface area contributed by atoms with Crippen molar-refractivity contribution in [3.05, 3.63) is 71.3 Å². The lowest BCUT2D eigenvalue weighted by molar-refractivity contribution is -0.210. The van der Waals surface area contributed by atoms with Gasteiger partial charge in [-0.2, -0.15) is 13.2 Å². The number of benzene rings is 2. The first-order valence-electron chi connectivity index (χ1n) is 12.7. The zero-order valence-electron chi connectivity index (χ0n) is 22.3. The van der Waals surface area contributed by atoms with Crippen LogP contribution in [0.1, 0.15) is 17.0 Å². The van der Waals surface area contributed by atoms with Crippen molar-refractivity contribution in [2.24, 2.45) is 0 Å². The molecule has 2 amide bonds. The van der Waals surface area contributed by atoms with Crippen molar-refractivity contribution in [1.29, 1.82) is 0 Å². The van der Waals surface area contributed by atoms with Crippen LogP contribution >= 0.6 is 0 Å². The highest BCUT2D eigenvalue weighted by Crippen LogP contribution is 2.31. The number of anilines is 1. The molecule has 1 fully saturated rings. The Balaban J connectivity index is 1.57. The van der Waals surface area contributed by atoms with Crippen LogP contribution in [0.25, 0.3) is 5.69 Å². The van der Waals surface area contributed by atoms with E-state index in [9.17, 15) is 31.9 Å². The highest BCUT2D eigenvalue weighted by atomic mass is 19.4. The van der Waals surface area contributed by atoms with Crippen molar-refractivity contribution in [3.8, 4) is 11.6 Å². The summed E-state index contributed by atoms with van der Waals surface area (Å²) in [5, 5.41) is 19.1. The number of aromatic nitrogens is 2. The van der Waals surface area contributed by atoms with Crippen LogP contribution in [0.3, 0.4) is 0 Å². The first kappa shape index (κ1) is 30.2. The lowest BCUT2D eigenvalue weighted by Gasteiger charge is -2.21. The molecule has 3 aromatic rings. The fraction of sp³-hybridized carbons (Fsp3) is 0.407. The molecule has 1 unspecified atom stereocenters. The minimum absolute atomic E-state index is 0.118. The van der Waals surface area contributed by atoms with Gasteiger partial charge in [-0.15, -0.1) is 5.10 Å². The third-order valence-electron chi connectivity index (χ3n) is 6.70. The van der Waals surface area contributed by atoms with Gasteiger partial charge in [-0.3, -0.25) is 10.2 Å². The second-order valence-electron chi connectivity index (χ2n) is 9.66. The van der Waals surface area contributed by atoms with E-state index in [0.717, 1.165) is 6.07 Å². The van der Waals surface area contributed by atoms with Gasteiger partial charge >= 0.3 is 12.2 Å². The molecule has 2 aromatic carbocycles. The van der Waals surface area contributed by atoms with Gasteiger partial charge in [0.05, 0.1) is 23.9 Å². The lowest BCUT2D eigenvalue weighted by Crippen LogP contribution is -2.42. The number of carbonyl (C=O) groups is 1. The maximum Gasteiger partial charge on any atom is 0.417 e. The molecule has 1 aliphatic heterocycles. The highest BCUT2D eigenvalue weighted by molar-refractivity contribution is 5.90. The average Bonchev–Trinajstić information content (AvgIpc) is 3.45. The number of halogens is 5. The number of carbonyl (C=O) groups excluding carboxylic acids is 1. The smallest absolute Gasteiger partial charge is 0.417 e. The van der Waals surface area contributed by atoms with E-state index < -0.39 is 48.5 Å². The molecule has 0 bridgehead atoms. The van der Waals surface area contributed by atoms with Crippen molar-refractivity contribution in [1.82, 2.24) is 20.0 Å². The van der Waals surface area contributed by atoms with E-state index in [1.807, 2.05) is 4.90 Å². The standard InChI is InChI=1S/C27H30F5N5O4/c1-16-24(37(20-6-4-3-5-7-20)35-25(16)41-15-23(38)27(30,31)32)34-26(39)33-22-14-36(8-9-40-2)13-21(22)17-10-18(28)12-19(29)11-17/h3-7,10-12,21-23,38H,8-9,13-15H2,1-2H3,(H2,33,34,39)/t21-,22+,23?/m0/s1. The Labute approximate surface area is 232 Å². The van der Waals surface area contributed by atoms with Crippen LogP contribution in [0.2, 0.25) is 0 Å². The summed E-state index contributed by atoms with van der Waals surface area (Å²) in [6.45, 7) is 2.15. The predicted molar refractivity (Wildman–Crippen MR) is 139 cm³/mol. The Hall–Kier alpha value is -3.75. The van der Waals surface area contributed by atoms with Crippen molar-refractivity contribution >= 4 is 11.8 Å². The Bertz CT molecular complexity index is 1320. The Kier molecular flexibility index (Phi) is 9.46. The molecule has 0 saturated carbocycles. The van der Waals surface area contributed by atoms with E-state index in [-0.39, 0.29) is 17.3 Å². The largest absolute Gasteiger partial charge is 0.473 e. The summed E-state index contributed by atoms with van der Waals surface area (Å²) in [4.78, 5) is 15.3. The number of urea groups is 1. The van der Waals surface area contributed by atoms with Gasteiger partial charge < -0.3 is 19.9 Å². The van der Waals surface area contributed by atoms with Crippen LogP contribution in [-0.4, -0.2) is 84.1 Å². The number of amides is 2. The number of ether oxygens (including phenoxy) is 2. The number of likely N-dealkylation sites (tertiary alicyclic amines) is 1. The van der Waals surface area contributed by atoms with Crippen LogP contribution in [0.4, 0.5) is 32.6 Å². The first-order valence-corrected chi connectivity index (χ1v) is 12.7. The number of rotatable bonds is 10. The van der Waals surface area contributed by atoms with E-state index in [2.05, 4.69) is 15.7 Å². The SMILES string of the molecule is COCCN1C[C@@H](NC(=O)Nc2c(C)c(OCC(O)C(F)(F)F)nn2-c2ccccc2)[C@H](c2cc(F)cc(F)c2)C1. The molecule has 4 rings (SSSR count). The molecule has 14 heteroatoms. The zero-order valence-corrected chi connectivity index (χ0v) is 22.3.